The van der Waals surface area contributed by atoms with Crippen LogP contribution in [-0.4, -0.2) is 76.1 Å². The zero-order valence-corrected chi connectivity index (χ0v) is 25.2. The fourth-order valence-corrected chi connectivity index (χ4v) is 6.23. The van der Waals surface area contributed by atoms with Crippen LogP contribution in [0.25, 0.3) is 0 Å². The summed E-state index contributed by atoms with van der Waals surface area (Å²) in [7, 11) is 0. The Morgan fingerprint density at radius 2 is 1.59 bits per heavy atom. The number of phenols is 1. The molecule has 0 aliphatic carbocycles. The third-order valence-electron chi connectivity index (χ3n) is 7.48. The van der Waals surface area contributed by atoms with Gasteiger partial charge in [-0.3, -0.25) is 14.5 Å². The van der Waals surface area contributed by atoms with Crippen LogP contribution in [0.5, 0.6) is 5.75 Å². The third-order valence-corrected chi connectivity index (χ3v) is 8.55. The molecule has 2 aromatic rings. The van der Waals surface area contributed by atoms with E-state index in [-0.39, 0.29) is 17.1 Å². The number of hydrogen-bond acceptors (Lipinski definition) is 8. The van der Waals surface area contributed by atoms with Gasteiger partial charge in [0.15, 0.2) is 5.76 Å². The van der Waals surface area contributed by atoms with E-state index < -0.39 is 28.5 Å². The van der Waals surface area contributed by atoms with Crippen molar-refractivity contribution in [3.05, 3.63) is 55.7 Å². The first-order valence-corrected chi connectivity index (χ1v) is 14.3. The Labute approximate surface area is 235 Å². The molecule has 0 bridgehead atoms. The second kappa shape index (κ2) is 10.7. The topological polar surface area (TPSA) is 103 Å². The molecule has 9 heteroatoms. The fraction of sp³-hybridized carbons (Fsp3) is 0.567. The number of Topliss-reactive ketones (excluding diaryl/α,β-unsaturated/α-hetero) is 1. The number of phenolic OH excluding ortho intramolecular Hbond substituents is 1. The van der Waals surface area contributed by atoms with E-state index in [1.807, 2.05) is 60.6 Å². The lowest BCUT2D eigenvalue weighted by Crippen LogP contribution is -2.43. The fourth-order valence-electron chi connectivity index (χ4n) is 5.36. The Morgan fingerprint density at radius 3 is 2.08 bits per heavy atom. The van der Waals surface area contributed by atoms with Crippen LogP contribution in [0, 0.1) is 13.8 Å². The van der Waals surface area contributed by atoms with Gasteiger partial charge in [0.1, 0.15) is 5.75 Å². The first-order valence-electron chi connectivity index (χ1n) is 13.5. The molecule has 1 aromatic heterocycles. The number of aliphatic hydroxyl groups excluding tert-OH is 1. The Morgan fingerprint density at radius 1 is 1.03 bits per heavy atom. The summed E-state index contributed by atoms with van der Waals surface area (Å²) in [5.41, 5.74) is 2.01. The molecule has 4 rings (SSSR count). The highest BCUT2D eigenvalue weighted by Gasteiger charge is 2.45. The van der Waals surface area contributed by atoms with Crippen LogP contribution in [0.4, 0.5) is 0 Å². The van der Waals surface area contributed by atoms with Crippen LogP contribution in [0.1, 0.15) is 84.6 Å². The molecule has 1 aromatic carbocycles. The van der Waals surface area contributed by atoms with Crippen LogP contribution in [0.3, 0.4) is 0 Å². The number of ether oxygens (including phenoxy) is 1. The van der Waals surface area contributed by atoms with Crippen molar-refractivity contribution in [1.29, 1.82) is 0 Å². The first kappa shape index (κ1) is 29.2. The van der Waals surface area contributed by atoms with Gasteiger partial charge in [-0.15, -0.1) is 11.3 Å². The zero-order chi connectivity index (χ0) is 28.9. The summed E-state index contributed by atoms with van der Waals surface area (Å²) in [4.78, 5) is 36.2. The lowest BCUT2D eigenvalue weighted by molar-refractivity contribution is -0.129. The van der Waals surface area contributed by atoms with Gasteiger partial charge in [-0.25, -0.2) is 4.98 Å². The average molecular weight is 556 g/mol. The predicted molar refractivity (Wildman–Crippen MR) is 153 cm³/mol. The minimum absolute atomic E-state index is 0.0686. The number of aryl methyl sites for hydroxylation is 2. The van der Waals surface area contributed by atoms with E-state index in [0.29, 0.717) is 42.4 Å². The van der Waals surface area contributed by atoms with Gasteiger partial charge in [-0.1, -0.05) is 41.5 Å². The molecule has 2 aliphatic rings. The molecule has 212 valence electrons. The van der Waals surface area contributed by atoms with Gasteiger partial charge >= 0.3 is 0 Å². The Bertz CT molecular complexity index is 1270. The lowest BCUT2D eigenvalue weighted by Gasteiger charge is -2.34. The smallest absolute Gasteiger partial charge is 0.290 e. The van der Waals surface area contributed by atoms with Crippen molar-refractivity contribution in [2.24, 2.45) is 0 Å². The third kappa shape index (κ3) is 5.76. The van der Waals surface area contributed by atoms with E-state index >= 15 is 0 Å². The van der Waals surface area contributed by atoms with Crippen molar-refractivity contribution in [2.75, 3.05) is 39.4 Å². The first-order chi connectivity index (χ1) is 18.1. The molecule has 0 saturated carbocycles. The highest BCUT2D eigenvalue weighted by Crippen LogP contribution is 2.46. The summed E-state index contributed by atoms with van der Waals surface area (Å²) in [6.07, 6.45) is 0. The molecule has 2 aliphatic heterocycles. The quantitative estimate of drug-likeness (QED) is 0.485. The van der Waals surface area contributed by atoms with E-state index in [4.69, 9.17) is 4.74 Å². The molecule has 39 heavy (non-hydrogen) atoms. The number of morpholine rings is 1. The molecule has 8 nitrogen and oxygen atoms in total. The molecule has 1 fully saturated rings. The van der Waals surface area contributed by atoms with Gasteiger partial charge in [0, 0.05) is 26.2 Å². The predicted octanol–water partition coefficient (Wildman–Crippen LogP) is 4.97. The molecule has 2 N–H and O–H groups in total. The van der Waals surface area contributed by atoms with E-state index in [0.717, 1.165) is 29.2 Å². The van der Waals surface area contributed by atoms with Crippen LogP contribution < -0.4 is 0 Å². The van der Waals surface area contributed by atoms with Crippen molar-refractivity contribution < 1.29 is 24.5 Å². The number of carbonyl (C=O) groups is 2. The van der Waals surface area contributed by atoms with Crippen LogP contribution in [0.15, 0.2) is 23.5 Å². The Hall–Kier alpha value is -2.75. The molecule has 1 saturated heterocycles. The molecule has 1 amide bonds. The number of hydrogen-bond donors (Lipinski definition) is 2. The minimum atomic E-state index is -0.796. The minimum Gasteiger partial charge on any atom is -0.507 e. The van der Waals surface area contributed by atoms with Gasteiger partial charge in [0.25, 0.3) is 5.91 Å². The summed E-state index contributed by atoms with van der Waals surface area (Å²) in [6, 6.07) is 2.98. The largest absolute Gasteiger partial charge is 0.507 e. The summed E-state index contributed by atoms with van der Waals surface area (Å²) < 4.78 is 5.47. The number of thiazole rings is 1. The van der Waals surface area contributed by atoms with E-state index in [1.54, 1.807) is 11.8 Å². The molecule has 0 spiro atoms. The van der Waals surface area contributed by atoms with Crippen LogP contribution in [0.2, 0.25) is 0 Å². The SMILES string of the molecule is Cc1nc(C)c(C(=O)C2=C(O)C(=O)N(CCN3CCOCC3)C2c2cc(C(C)(C)C)c(O)c(C(C)(C)C)c2)s1. The van der Waals surface area contributed by atoms with E-state index in [2.05, 4.69) is 9.88 Å². The normalized spacial score (nSPS) is 19.3. The van der Waals surface area contributed by atoms with Gasteiger partial charge < -0.3 is 19.8 Å². The lowest BCUT2D eigenvalue weighted by atomic mass is 9.77. The summed E-state index contributed by atoms with van der Waals surface area (Å²) in [6.45, 7) is 19.5. The number of aromatic hydroxyl groups is 1. The number of aliphatic hydroxyl groups is 1. The number of benzene rings is 1. The summed E-state index contributed by atoms with van der Waals surface area (Å²) in [5.74, 6) is -1.23. The zero-order valence-electron chi connectivity index (χ0n) is 24.3. The average Bonchev–Trinajstić information content (AvgIpc) is 3.31. The standard InChI is InChI=1S/C30H41N3O5S/c1-17-27(39-18(2)31-17)25(35)22-23(33(28(37)26(22)36)10-9-32-11-13-38-14-12-32)19-15-20(29(3,4)5)24(34)21(16-19)30(6,7)8/h15-16,23,34,36H,9-14H2,1-8H3. The second-order valence-corrected chi connectivity index (χ2v) is 13.8. The maximum Gasteiger partial charge on any atom is 0.290 e. The van der Waals surface area contributed by atoms with E-state index in [9.17, 15) is 19.8 Å². The van der Waals surface area contributed by atoms with Crippen LogP contribution >= 0.6 is 11.3 Å². The van der Waals surface area contributed by atoms with Gasteiger partial charge in [0.05, 0.1) is 40.4 Å². The van der Waals surface area contributed by atoms with Gasteiger partial charge in [-0.05, 0) is 53.5 Å². The molecular weight excluding hydrogens is 514 g/mol. The van der Waals surface area contributed by atoms with Gasteiger partial charge in [-0.2, -0.15) is 0 Å². The van der Waals surface area contributed by atoms with Crippen molar-refractivity contribution in [3.8, 4) is 5.75 Å². The van der Waals surface area contributed by atoms with Gasteiger partial charge in [0.2, 0.25) is 5.78 Å². The summed E-state index contributed by atoms with van der Waals surface area (Å²) >= 11 is 1.27. The van der Waals surface area contributed by atoms with Crippen molar-refractivity contribution >= 4 is 23.0 Å². The van der Waals surface area contributed by atoms with Crippen LogP contribution in [-0.2, 0) is 20.4 Å². The maximum absolute atomic E-state index is 14.0. The number of aromatic nitrogens is 1. The number of rotatable bonds is 6. The highest BCUT2D eigenvalue weighted by atomic mass is 32.1. The van der Waals surface area contributed by atoms with Crippen molar-refractivity contribution in [3.63, 3.8) is 0 Å². The molecule has 1 atom stereocenters. The maximum atomic E-state index is 14.0. The monoisotopic (exact) mass is 555 g/mol. The van der Waals surface area contributed by atoms with Crippen molar-refractivity contribution in [2.45, 2.75) is 72.3 Å². The second-order valence-electron chi connectivity index (χ2n) is 12.6. The summed E-state index contributed by atoms with van der Waals surface area (Å²) in [5, 5.41) is 23.3. The molecular formula is C30H41N3O5S. The van der Waals surface area contributed by atoms with E-state index in [1.165, 1.54) is 11.3 Å². The number of carbonyl (C=O) groups excluding carboxylic acids is 2. The number of ketones is 1. The molecule has 1 unspecified atom stereocenters. The Kier molecular flexibility index (Phi) is 8.00. The molecule has 0 radical (unpaired) electrons. The van der Waals surface area contributed by atoms with Crippen molar-refractivity contribution in [1.82, 2.24) is 14.8 Å². The molecule has 3 heterocycles. The number of amides is 1. The number of nitrogens with zero attached hydrogens (tertiary/aromatic N) is 3. The Balaban J connectivity index is 1.88. The highest BCUT2D eigenvalue weighted by molar-refractivity contribution is 7.14.